The molecule has 10 rings (SSSR count). The minimum atomic E-state index is 0.147. The van der Waals surface area contributed by atoms with Crippen molar-refractivity contribution >= 4 is 43.5 Å². The summed E-state index contributed by atoms with van der Waals surface area (Å²) in [5.41, 5.74) is 7.84. The van der Waals surface area contributed by atoms with Crippen molar-refractivity contribution in [1.29, 1.82) is 0 Å². The normalized spacial score (nSPS) is 11.5. The van der Waals surface area contributed by atoms with Crippen LogP contribution in [-0.2, 0) is 0 Å². The van der Waals surface area contributed by atoms with Gasteiger partial charge in [-0.3, -0.25) is 0 Å². The van der Waals surface area contributed by atoms with Crippen molar-refractivity contribution in [2.75, 3.05) is 0 Å². The van der Waals surface area contributed by atoms with E-state index >= 15 is 0 Å². The van der Waals surface area contributed by atoms with Crippen molar-refractivity contribution in [2.24, 2.45) is 0 Å². The van der Waals surface area contributed by atoms with Crippen LogP contribution < -0.4 is 0 Å². The van der Waals surface area contributed by atoms with Gasteiger partial charge in [-0.15, -0.1) is 0 Å². The van der Waals surface area contributed by atoms with Crippen LogP contribution in [0.4, 0.5) is 0 Å². The number of aromatic nitrogens is 3. The van der Waals surface area contributed by atoms with E-state index < -0.39 is 0 Å². The number of phenolic OH excluding ortho intramolecular Hbond substituents is 1. The lowest BCUT2D eigenvalue weighted by Crippen LogP contribution is -2.01. The fraction of sp³-hybridized carbons (Fsp3) is 0. The fourth-order valence-corrected chi connectivity index (χ4v) is 7.36. The van der Waals surface area contributed by atoms with Gasteiger partial charge in [-0.25, -0.2) is 15.0 Å². The van der Waals surface area contributed by atoms with Crippen LogP contribution in [0, 0.1) is 0 Å². The summed E-state index contributed by atoms with van der Waals surface area (Å²) in [6, 6.07) is 57.1. The molecule has 0 fully saturated rings. The lowest BCUT2D eigenvalue weighted by Gasteiger charge is -2.14. The van der Waals surface area contributed by atoms with E-state index in [9.17, 15) is 5.11 Å². The SMILES string of the molecule is Oc1cccc(-c2nc(-c3ccccc3)nc(-c3ccc4c(ccc5ccccc54)c3)n2)c1-c1ccc(-c2cccc3oc4ccccc4c23)cc1. The summed E-state index contributed by atoms with van der Waals surface area (Å²) in [5.74, 6) is 1.74. The van der Waals surface area contributed by atoms with Crippen molar-refractivity contribution in [3.63, 3.8) is 0 Å². The van der Waals surface area contributed by atoms with Gasteiger partial charge in [0.15, 0.2) is 17.5 Å². The number of phenols is 1. The van der Waals surface area contributed by atoms with Crippen LogP contribution in [0.3, 0.4) is 0 Å². The van der Waals surface area contributed by atoms with E-state index in [1.54, 1.807) is 6.07 Å². The average molecular weight is 668 g/mol. The third-order valence-electron chi connectivity index (χ3n) is 9.84. The zero-order chi connectivity index (χ0) is 34.6. The highest BCUT2D eigenvalue weighted by Crippen LogP contribution is 2.41. The minimum absolute atomic E-state index is 0.147. The Morgan fingerprint density at radius 2 is 1.00 bits per heavy atom. The van der Waals surface area contributed by atoms with Gasteiger partial charge < -0.3 is 9.52 Å². The van der Waals surface area contributed by atoms with Gasteiger partial charge >= 0.3 is 0 Å². The maximum Gasteiger partial charge on any atom is 0.164 e. The predicted molar refractivity (Wildman–Crippen MR) is 211 cm³/mol. The predicted octanol–water partition coefficient (Wildman–Crippen LogP) is 12.1. The molecule has 0 saturated heterocycles. The Morgan fingerprint density at radius 3 is 1.87 bits per heavy atom. The number of benzene rings is 8. The molecule has 0 aliphatic carbocycles. The van der Waals surface area contributed by atoms with Crippen molar-refractivity contribution in [3.05, 3.63) is 170 Å². The smallest absolute Gasteiger partial charge is 0.164 e. The maximum absolute atomic E-state index is 11.4. The number of furan rings is 1. The molecule has 0 aliphatic rings. The van der Waals surface area contributed by atoms with Crippen LogP contribution >= 0.6 is 0 Å². The summed E-state index contributed by atoms with van der Waals surface area (Å²) in [6.07, 6.45) is 0. The zero-order valence-corrected chi connectivity index (χ0v) is 27.9. The van der Waals surface area contributed by atoms with Crippen molar-refractivity contribution in [3.8, 4) is 62.2 Å². The number of aromatic hydroxyl groups is 1. The zero-order valence-electron chi connectivity index (χ0n) is 27.9. The molecule has 2 heterocycles. The van der Waals surface area contributed by atoms with Crippen LogP contribution in [0.2, 0.25) is 0 Å². The molecular formula is C47H29N3O2. The summed E-state index contributed by atoms with van der Waals surface area (Å²) >= 11 is 0. The van der Waals surface area contributed by atoms with Crippen molar-refractivity contribution < 1.29 is 9.52 Å². The molecular weight excluding hydrogens is 639 g/mol. The quantitative estimate of drug-likeness (QED) is 0.185. The van der Waals surface area contributed by atoms with Crippen molar-refractivity contribution in [1.82, 2.24) is 15.0 Å². The van der Waals surface area contributed by atoms with Gasteiger partial charge in [0.05, 0.1) is 0 Å². The number of hydrogen-bond acceptors (Lipinski definition) is 5. The average Bonchev–Trinajstić information content (AvgIpc) is 3.60. The number of rotatable bonds is 5. The van der Waals surface area contributed by atoms with Gasteiger partial charge in [0, 0.05) is 33.0 Å². The first kappa shape index (κ1) is 29.8. The van der Waals surface area contributed by atoms with Gasteiger partial charge in [0.1, 0.15) is 16.9 Å². The van der Waals surface area contributed by atoms with E-state index in [4.69, 9.17) is 19.4 Å². The molecule has 0 bridgehead atoms. The molecule has 0 atom stereocenters. The third kappa shape index (κ3) is 4.98. The number of fused-ring (bicyclic) bond motifs is 6. The monoisotopic (exact) mass is 667 g/mol. The molecule has 0 radical (unpaired) electrons. The summed E-state index contributed by atoms with van der Waals surface area (Å²) < 4.78 is 6.16. The molecule has 2 aromatic heterocycles. The first-order valence-electron chi connectivity index (χ1n) is 17.2. The summed E-state index contributed by atoms with van der Waals surface area (Å²) in [6.45, 7) is 0. The Kier molecular flexibility index (Phi) is 6.89. The highest BCUT2D eigenvalue weighted by atomic mass is 16.3. The Bertz CT molecular complexity index is 2970. The van der Waals surface area contributed by atoms with Gasteiger partial charge in [-0.2, -0.15) is 0 Å². The van der Waals surface area contributed by atoms with Crippen LogP contribution in [0.15, 0.2) is 174 Å². The van der Waals surface area contributed by atoms with Crippen LogP contribution in [0.1, 0.15) is 0 Å². The number of nitrogens with zero attached hydrogens (tertiary/aromatic N) is 3. The van der Waals surface area contributed by atoms with Crippen LogP contribution in [0.25, 0.3) is 99.9 Å². The van der Waals surface area contributed by atoms with E-state index in [0.717, 1.165) is 55.1 Å². The Labute approximate surface area is 299 Å². The van der Waals surface area contributed by atoms with E-state index in [1.165, 1.54) is 16.2 Å². The topological polar surface area (TPSA) is 72.0 Å². The Hall–Kier alpha value is -7.11. The van der Waals surface area contributed by atoms with Crippen LogP contribution in [-0.4, -0.2) is 20.1 Å². The molecule has 0 spiro atoms. The standard InChI is InChI=1S/C47H29N3O2/c51-40-17-8-16-39(43(40)31-23-20-30(21-24-31)37-15-9-19-42-44(37)38-14-6-7-18-41(38)52-42)47-49-45(32-11-2-1-3-12-32)48-46(50-47)34-26-27-36-33(28-34)25-22-29-10-4-5-13-35(29)36/h1-28,51H. The first-order chi connectivity index (χ1) is 25.7. The largest absolute Gasteiger partial charge is 0.507 e. The Morgan fingerprint density at radius 1 is 0.385 bits per heavy atom. The molecule has 0 unspecified atom stereocenters. The second-order valence-electron chi connectivity index (χ2n) is 12.9. The molecule has 5 nitrogen and oxygen atoms in total. The van der Waals surface area contributed by atoms with Crippen LogP contribution in [0.5, 0.6) is 5.75 Å². The molecule has 0 aliphatic heterocycles. The third-order valence-corrected chi connectivity index (χ3v) is 9.84. The number of para-hydroxylation sites is 1. The summed E-state index contributed by atoms with van der Waals surface area (Å²) in [7, 11) is 0. The molecule has 5 heteroatoms. The van der Waals surface area contributed by atoms with E-state index in [2.05, 4.69) is 78.9 Å². The molecule has 0 amide bonds. The first-order valence-corrected chi connectivity index (χ1v) is 17.2. The van der Waals surface area contributed by atoms with Crippen molar-refractivity contribution in [2.45, 2.75) is 0 Å². The lowest BCUT2D eigenvalue weighted by molar-refractivity contribution is 0.477. The maximum atomic E-state index is 11.4. The van der Waals surface area contributed by atoms with E-state index in [1.807, 2.05) is 84.9 Å². The van der Waals surface area contributed by atoms with E-state index in [-0.39, 0.29) is 5.75 Å². The molecule has 0 saturated carbocycles. The lowest BCUT2D eigenvalue weighted by atomic mass is 9.94. The second kappa shape index (κ2) is 12.0. The fourth-order valence-electron chi connectivity index (χ4n) is 7.36. The highest BCUT2D eigenvalue weighted by molar-refractivity contribution is 6.12. The Balaban J connectivity index is 1.11. The van der Waals surface area contributed by atoms with Gasteiger partial charge in [0.2, 0.25) is 0 Å². The summed E-state index contributed by atoms with van der Waals surface area (Å²) in [5, 5.41) is 18.3. The molecule has 244 valence electrons. The molecule has 10 aromatic rings. The molecule has 1 N–H and O–H groups in total. The highest BCUT2D eigenvalue weighted by Gasteiger charge is 2.19. The number of hydrogen-bond donors (Lipinski definition) is 1. The van der Waals surface area contributed by atoms with Gasteiger partial charge in [-0.05, 0) is 62.5 Å². The van der Waals surface area contributed by atoms with Gasteiger partial charge in [-0.1, -0.05) is 146 Å². The molecule has 52 heavy (non-hydrogen) atoms. The van der Waals surface area contributed by atoms with E-state index in [0.29, 0.717) is 28.6 Å². The molecule has 8 aromatic carbocycles. The summed E-state index contributed by atoms with van der Waals surface area (Å²) in [4.78, 5) is 15.1. The van der Waals surface area contributed by atoms with Gasteiger partial charge in [0.25, 0.3) is 0 Å². The second-order valence-corrected chi connectivity index (χ2v) is 12.9. The minimum Gasteiger partial charge on any atom is -0.507 e.